The molecule has 106 valence electrons. The van der Waals surface area contributed by atoms with Crippen LogP contribution >= 0.6 is 27.3 Å². The summed E-state index contributed by atoms with van der Waals surface area (Å²) in [5, 5.41) is 4.80. The van der Waals surface area contributed by atoms with E-state index in [1.165, 1.54) is 0 Å². The van der Waals surface area contributed by atoms with Gasteiger partial charge < -0.3 is 5.32 Å². The second-order valence-electron chi connectivity index (χ2n) is 4.80. The van der Waals surface area contributed by atoms with E-state index in [9.17, 15) is 9.59 Å². The lowest BCUT2D eigenvalue weighted by atomic mass is 9.98. The maximum Gasteiger partial charge on any atom is 0.224 e. The van der Waals surface area contributed by atoms with Gasteiger partial charge in [-0.15, -0.1) is 11.3 Å². The molecule has 0 saturated heterocycles. The van der Waals surface area contributed by atoms with Gasteiger partial charge >= 0.3 is 0 Å². The number of hydrogen-bond acceptors (Lipinski definition) is 3. The number of allylic oxidation sites excluding steroid dienone is 1. The summed E-state index contributed by atoms with van der Waals surface area (Å²) in [5.41, 5.74) is 3.49. The predicted octanol–water partition coefficient (Wildman–Crippen LogP) is 4.29. The normalized spacial score (nSPS) is 14.0. The van der Waals surface area contributed by atoms with Crippen LogP contribution in [0.2, 0.25) is 0 Å². The number of carbonyl (C=O) groups is 2. The molecule has 21 heavy (non-hydrogen) atoms. The van der Waals surface area contributed by atoms with Crippen molar-refractivity contribution in [3.05, 3.63) is 56.2 Å². The molecule has 0 bridgehead atoms. The third kappa shape index (κ3) is 3.31. The average molecular weight is 362 g/mol. The zero-order valence-electron chi connectivity index (χ0n) is 11.1. The van der Waals surface area contributed by atoms with Crippen LogP contribution in [0.25, 0.3) is 6.08 Å². The van der Waals surface area contributed by atoms with Gasteiger partial charge in [-0.3, -0.25) is 9.59 Å². The molecule has 0 atom stereocenters. The third-order valence-electron chi connectivity index (χ3n) is 3.30. The Kier molecular flexibility index (Phi) is 4.03. The fourth-order valence-corrected chi connectivity index (χ4v) is 3.36. The van der Waals surface area contributed by atoms with Crippen molar-refractivity contribution in [2.24, 2.45) is 0 Å². The van der Waals surface area contributed by atoms with Gasteiger partial charge in [-0.1, -0.05) is 6.08 Å². The first kappa shape index (κ1) is 14.2. The van der Waals surface area contributed by atoms with Gasteiger partial charge in [0.15, 0.2) is 5.78 Å². The topological polar surface area (TPSA) is 46.2 Å². The molecule has 1 amide bonds. The van der Waals surface area contributed by atoms with Gasteiger partial charge in [-0.25, -0.2) is 0 Å². The highest BCUT2D eigenvalue weighted by Crippen LogP contribution is 2.24. The molecule has 1 aromatic carbocycles. The molecule has 5 heteroatoms. The number of anilines is 1. The fourth-order valence-electron chi connectivity index (χ4n) is 2.22. The third-order valence-corrected chi connectivity index (χ3v) is 4.82. The van der Waals surface area contributed by atoms with E-state index in [2.05, 4.69) is 21.2 Å². The number of rotatable bonds is 3. The van der Waals surface area contributed by atoms with E-state index in [1.54, 1.807) is 29.5 Å². The van der Waals surface area contributed by atoms with Crippen molar-refractivity contribution in [2.45, 2.75) is 12.8 Å². The highest BCUT2D eigenvalue weighted by atomic mass is 79.9. The fraction of sp³-hybridized carbons (Fsp3) is 0.125. The number of thiophene rings is 1. The molecular formula is C16H12BrNO2S. The number of nitrogens with one attached hydrogen (secondary N) is 1. The van der Waals surface area contributed by atoms with Crippen LogP contribution in [-0.2, 0) is 11.2 Å². The van der Waals surface area contributed by atoms with E-state index in [1.807, 2.05) is 23.6 Å². The summed E-state index contributed by atoms with van der Waals surface area (Å²) in [6, 6.07) is 7.39. The summed E-state index contributed by atoms with van der Waals surface area (Å²) in [5.74, 6) is 0.00142. The molecule has 2 aromatic rings. The Balaban J connectivity index is 1.79. The minimum atomic E-state index is -0.0305. The van der Waals surface area contributed by atoms with Crippen molar-refractivity contribution < 1.29 is 9.59 Å². The molecule has 0 aliphatic carbocycles. The van der Waals surface area contributed by atoms with Crippen molar-refractivity contribution >= 4 is 50.7 Å². The number of ketones is 1. The van der Waals surface area contributed by atoms with E-state index in [0.29, 0.717) is 18.4 Å². The van der Waals surface area contributed by atoms with Crippen LogP contribution in [0.15, 0.2) is 39.5 Å². The Bertz CT molecular complexity index is 748. The first-order valence-electron chi connectivity index (χ1n) is 6.51. The zero-order valence-corrected chi connectivity index (χ0v) is 13.5. The average Bonchev–Trinajstić information content (AvgIpc) is 2.90. The SMILES string of the molecule is O=C1CCc2cc(C(=O)/C=C/c3csc(Br)c3)ccc2N1. The smallest absolute Gasteiger partial charge is 0.224 e. The molecule has 0 unspecified atom stereocenters. The quantitative estimate of drug-likeness (QED) is 0.654. The number of fused-ring (bicyclic) bond motifs is 1. The monoisotopic (exact) mass is 361 g/mol. The molecule has 1 aliphatic heterocycles. The first-order valence-corrected chi connectivity index (χ1v) is 8.18. The van der Waals surface area contributed by atoms with Crippen LogP contribution in [0.5, 0.6) is 0 Å². The van der Waals surface area contributed by atoms with Gasteiger partial charge in [-0.05, 0) is 69.2 Å². The summed E-state index contributed by atoms with van der Waals surface area (Å²) in [4.78, 5) is 23.5. The second kappa shape index (κ2) is 5.95. The zero-order chi connectivity index (χ0) is 14.8. The molecule has 3 nitrogen and oxygen atoms in total. The lowest BCUT2D eigenvalue weighted by Gasteiger charge is -2.16. The van der Waals surface area contributed by atoms with Gasteiger partial charge in [0, 0.05) is 17.7 Å². The van der Waals surface area contributed by atoms with Crippen LogP contribution in [0.4, 0.5) is 5.69 Å². The molecular weight excluding hydrogens is 350 g/mol. The van der Waals surface area contributed by atoms with Crippen molar-refractivity contribution in [1.82, 2.24) is 0 Å². The number of benzene rings is 1. The van der Waals surface area contributed by atoms with E-state index >= 15 is 0 Å². The van der Waals surface area contributed by atoms with Crippen molar-refractivity contribution in [2.75, 3.05) is 5.32 Å². The molecule has 0 spiro atoms. The number of hydrogen-bond donors (Lipinski definition) is 1. The van der Waals surface area contributed by atoms with Crippen LogP contribution < -0.4 is 5.32 Å². The van der Waals surface area contributed by atoms with E-state index in [-0.39, 0.29) is 11.7 Å². The summed E-state index contributed by atoms with van der Waals surface area (Å²) >= 11 is 4.98. The molecule has 0 radical (unpaired) electrons. The van der Waals surface area contributed by atoms with E-state index < -0.39 is 0 Å². The molecule has 1 N–H and O–H groups in total. The highest BCUT2D eigenvalue weighted by molar-refractivity contribution is 9.11. The van der Waals surface area contributed by atoms with Gasteiger partial charge in [0.2, 0.25) is 5.91 Å². The largest absolute Gasteiger partial charge is 0.326 e. The van der Waals surface area contributed by atoms with Crippen molar-refractivity contribution in [3.8, 4) is 0 Å². The Labute approximate surface area is 134 Å². The van der Waals surface area contributed by atoms with E-state index in [4.69, 9.17) is 0 Å². The van der Waals surface area contributed by atoms with E-state index in [0.717, 1.165) is 20.6 Å². The summed E-state index contributed by atoms with van der Waals surface area (Å²) < 4.78 is 1.04. The second-order valence-corrected chi connectivity index (χ2v) is 7.09. The standard InChI is InChI=1S/C16H12BrNO2S/c17-15-7-10(9-21-15)1-5-14(19)12-2-4-13-11(8-12)3-6-16(20)18-13/h1-2,4-5,7-9H,3,6H2,(H,18,20)/b5-1+. The summed E-state index contributed by atoms with van der Waals surface area (Å²) in [7, 11) is 0. The summed E-state index contributed by atoms with van der Waals surface area (Å²) in [6.45, 7) is 0. The van der Waals surface area contributed by atoms with Gasteiger partial charge in [0.25, 0.3) is 0 Å². The summed E-state index contributed by atoms with van der Waals surface area (Å²) in [6.07, 6.45) is 4.55. The maximum atomic E-state index is 12.2. The van der Waals surface area contributed by atoms with Crippen molar-refractivity contribution in [3.63, 3.8) is 0 Å². The highest BCUT2D eigenvalue weighted by Gasteiger charge is 2.15. The predicted molar refractivity (Wildman–Crippen MR) is 88.8 cm³/mol. The lowest BCUT2D eigenvalue weighted by molar-refractivity contribution is -0.116. The number of aryl methyl sites for hydroxylation is 1. The molecule has 1 aliphatic rings. The molecule has 0 fully saturated rings. The van der Waals surface area contributed by atoms with Gasteiger partial charge in [0.05, 0.1) is 3.79 Å². The lowest BCUT2D eigenvalue weighted by Crippen LogP contribution is -2.19. The van der Waals surface area contributed by atoms with Crippen LogP contribution in [0, 0.1) is 0 Å². The molecule has 1 aromatic heterocycles. The minimum absolute atomic E-state index is 0.0305. The van der Waals surface area contributed by atoms with Crippen LogP contribution in [0.3, 0.4) is 0 Å². The Morgan fingerprint density at radius 2 is 2.14 bits per heavy atom. The molecule has 0 saturated carbocycles. The Morgan fingerprint density at radius 3 is 2.90 bits per heavy atom. The molecule has 3 rings (SSSR count). The Morgan fingerprint density at radius 1 is 1.29 bits per heavy atom. The van der Waals surface area contributed by atoms with Crippen molar-refractivity contribution in [1.29, 1.82) is 0 Å². The van der Waals surface area contributed by atoms with Gasteiger partial charge in [0.1, 0.15) is 0 Å². The number of halogens is 1. The Hall–Kier alpha value is -1.72. The molecule has 2 heterocycles. The van der Waals surface area contributed by atoms with Crippen LogP contribution in [0.1, 0.15) is 27.9 Å². The minimum Gasteiger partial charge on any atom is -0.326 e. The number of amides is 1. The van der Waals surface area contributed by atoms with Crippen LogP contribution in [-0.4, -0.2) is 11.7 Å². The maximum absolute atomic E-state index is 12.2. The first-order chi connectivity index (χ1) is 10.1. The van der Waals surface area contributed by atoms with Gasteiger partial charge in [-0.2, -0.15) is 0 Å². The number of carbonyl (C=O) groups excluding carboxylic acids is 2.